The van der Waals surface area contributed by atoms with E-state index in [2.05, 4.69) is 9.98 Å². The Labute approximate surface area is 170 Å². The Hall–Kier alpha value is -2.58. The lowest BCUT2D eigenvalue weighted by Crippen LogP contribution is -2.29. The Morgan fingerprint density at radius 3 is 2.25 bits per heavy atom. The molecule has 0 unspecified atom stereocenters. The van der Waals surface area contributed by atoms with Crippen LogP contribution in [0.5, 0.6) is 0 Å². The molecule has 0 spiro atoms. The first-order chi connectivity index (χ1) is 13.5. The van der Waals surface area contributed by atoms with Gasteiger partial charge < -0.3 is 5.73 Å². The summed E-state index contributed by atoms with van der Waals surface area (Å²) in [6.07, 6.45) is 3.84. The Morgan fingerprint density at radius 1 is 1.07 bits per heavy atom. The highest BCUT2D eigenvalue weighted by Gasteiger charge is 2.21. The maximum Gasteiger partial charge on any atom is 0.285 e. The van der Waals surface area contributed by atoms with Crippen LogP contribution < -0.4 is 11.3 Å². The summed E-state index contributed by atoms with van der Waals surface area (Å²) in [6.45, 7) is 0. The van der Waals surface area contributed by atoms with Crippen molar-refractivity contribution in [2.75, 3.05) is 19.6 Å². The second kappa shape index (κ2) is 8.62. The summed E-state index contributed by atoms with van der Waals surface area (Å²) in [5, 5.41) is 0.596. The topological polar surface area (TPSA) is 73.3 Å². The first kappa shape index (κ1) is 20.2. The molecule has 28 heavy (non-hydrogen) atoms. The number of nitrogens with zero attached hydrogens (tertiary/aromatic N) is 3. The molecule has 0 bridgehead atoms. The van der Waals surface area contributed by atoms with Crippen molar-refractivity contribution in [2.45, 2.75) is 9.92 Å². The van der Waals surface area contributed by atoms with E-state index < -0.39 is 5.56 Å². The van der Waals surface area contributed by atoms with Crippen LogP contribution >= 0.6 is 23.5 Å². The Bertz CT molecular complexity index is 1080. The van der Waals surface area contributed by atoms with Crippen molar-refractivity contribution < 1.29 is 4.39 Å². The number of aromatic nitrogens is 2. The van der Waals surface area contributed by atoms with Crippen molar-refractivity contribution in [3.63, 3.8) is 0 Å². The van der Waals surface area contributed by atoms with Gasteiger partial charge in [0.05, 0.1) is 5.03 Å². The second-order valence-corrected chi connectivity index (χ2v) is 7.45. The number of nitrogens with two attached hydrogens (primary N) is 1. The minimum atomic E-state index is -0.449. The molecular formula is C20H19FN4OS2. The lowest BCUT2D eigenvalue weighted by Gasteiger charge is -2.19. The molecular weight excluding hydrogens is 395 g/mol. The minimum absolute atomic E-state index is 0.113. The molecule has 0 fully saturated rings. The van der Waals surface area contributed by atoms with Gasteiger partial charge in [0.25, 0.3) is 5.56 Å². The second-order valence-electron chi connectivity index (χ2n) is 5.77. The minimum Gasteiger partial charge on any atom is -0.383 e. The smallest absolute Gasteiger partial charge is 0.285 e. The van der Waals surface area contributed by atoms with Crippen molar-refractivity contribution in [3.05, 3.63) is 70.3 Å². The Balaban J connectivity index is 2.39. The molecule has 0 saturated heterocycles. The summed E-state index contributed by atoms with van der Waals surface area (Å²) in [5.74, 6) is 0.229. The van der Waals surface area contributed by atoms with Crippen molar-refractivity contribution in [1.82, 2.24) is 9.55 Å². The SMILES string of the molecule is CN=C(N)c1c(SC)n(-c2ccc(F)cc2)c(-c2ccc(SC)cc2)nc1=O. The highest BCUT2D eigenvalue weighted by molar-refractivity contribution is 7.98. The van der Waals surface area contributed by atoms with Crippen molar-refractivity contribution in [1.29, 1.82) is 0 Å². The van der Waals surface area contributed by atoms with E-state index in [0.29, 0.717) is 16.5 Å². The molecule has 3 aromatic rings. The molecule has 144 valence electrons. The fourth-order valence-electron chi connectivity index (χ4n) is 2.79. The number of benzene rings is 2. The lowest BCUT2D eigenvalue weighted by molar-refractivity contribution is 0.627. The van der Waals surface area contributed by atoms with Crippen LogP contribution in [0.4, 0.5) is 4.39 Å². The lowest BCUT2D eigenvalue weighted by atomic mass is 10.1. The fourth-order valence-corrected chi connectivity index (χ4v) is 3.97. The molecule has 0 saturated carbocycles. The van der Waals surface area contributed by atoms with Crippen LogP contribution in [-0.4, -0.2) is 34.9 Å². The van der Waals surface area contributed by atoms with Gasteiger partial charge in [-0.05, 0) is 48.9 Å². The largest absolute Gasteiger partial charge is 0.383 e. The standard InChI is InChI=1S/C20H19FN4OS2/c1-23-17(22)16-19(26)24-18(12-4-10-15(27-2)11-5-12)25(20(16)28-3)14-8-6-13(21)7-9-14/h4-11H,1-3H3,(H2,22,23). The molecule has 3 rings (SSSR count). The molecule has 1 aromatic heterocycles. The molecule has 0 aliphatic carbocycles. The third-order valence-electron chi connectivity index (χ3n) is 4.17. The summed E-state index contributed by atoms with van der Waals surface area (Å²) in [6, 6.07) is 13.8. The zero-order valence-corrected chi connectivity index (χ0v) is 17.3. The number of thioether (sulfide) groups is 2. The predicted octanol–water partition coefficient (Wildman–Crippen LogP) is 3.82. The first-order valence-corrected chi connectivity index (χ1v) is 10.8. The number of rotatable bonds is 5. The summed E-state index contributed by atoms with van der Waals surface area (Å²) in [4.78, 5) is 22.2. The van der Waals surface area contributed by atoms with Gasteiger partial charge in [-0.15, -0.1) is 23.5 Å². The molecule has 0 amide bonds. The average Bonchev–Trinajstić information content (AvgIpc) is 2.73. The van der Waals surface area contributed by atoms with E-state index in [1.165, 1.54) is 30.9 Å². The summed E-state index contributed by atoms with van der Waals surface area (Å²) >= 11 is 2.99. The monoisotopic (exact) mass is 414 g/mol. The number of hydrogen-bond acceptors (Lipinski definition) is 5. The van der Waals surface area contributed by atoms with Gasteiger partial charge in [-0.2, -0.15) is 4.98 Å². The van der Waals surface area contributed by atoms with Crippen LogP contribution in [0.25, 0.3) is 17.1 Å². The zero-order valence-electron chi connectivity index (χ0n) is 15.6. The Morgan fingerprint density at radius 2 is 1.71 bits per heavy atom. The zero-order chi connectivity index (χ0) is 20.3. The van der Waals surface area contributed by atoms with Gasteiger partial charge in [-0.3, -0.25) is 14.4 Å². The molecule has 5 nitrogen and oxygen atoms in total. The maximum absolute atomic E-state index is 13.5. The van der Waals surface area contributed by atoms with Crippen molar-refractivity contribution in [3.8, 4) is 17.1 Å². The number of aliphatic imine (C=N–C) groups is 1. The first-order valence-electron chi connectivity index (χ1n) is 8.34. The predicted molar refractivity (Wildman–Crippen MR) is 115 cm³/mol. The van der Waals surface area contributed by atoms with Gasteiger partial charge >= 0.3 is 0 Å². The summed E-state index contributed by atoms with van der Waals surface area (Å²) in [7, 11) is 1.52. The van der Waals surface area contributed by atoms with Crippen LogP contribution in [0.3, 0.4) is 0 Å². The number of amidine groups is 1. The highest BCUT2D eigenvalue weighted by Crippen LogP contribution is 2.29. The third-order valence-corrected chi connectivity index (χ3v) is 5.69. The van der Waals surface area contributed by atoms with Crippen molar-refractivity contribution >= 4 is 29.4 Å². The Kier molecular flexibility index (Phi) is 6.21. The summed E-state index contributed by atoms with van der Waals surface area (Å²) < 4.78 is 15.3. The highest BCUT2D eigenvalue weighted by atomic mass is 32.2. The maximum atomic E-state index is 13.5. The molecule has 2 aromatic carbocycles. The van der Waals surface area contributed by atoms with Crippen LogP contribution in [0.1, 0.15) is 5.56 Å². The molecule has 0 aliphatic heterocycles. The van der Waals surface area contributed by atoms with E-state index in [9.17, 15) is 9.18 Å². The van der Waals surface area contributed by atoms with Gasteiger partial charge in [0, 0.05) is 23.2 Å². The van der Waals surface area contributed by atoms with Gasteiger partial charge in [-0.1, -0.05) is 12.1 Å². The molecule has 1 heterocycles. The molecule has 0 radical (unpaired) electrons. The number of halogens is 1. The third kappa shape index (κ3) is 3.83. The van der Waals surface area contributed by atoms with E-state index in [1.54, 1.807) is 23.9 Å². The van der Waals surface area contributed by atoms with Gasteiger partial charge in [0.2, 0.25) is 0 Å². The van der Waals surface area contributed by atoms with Crippen LogP contribution in [0, 0.1) is 5.82 Å². The van der Waals surface area contributed by atoms with Crippen LogP contribution in [0.2, 0.25) is 0 Å². The van der Waals surface area contributed by atoms with Crippen LogP contribution in [-0.2, 0) is 0 Å². The van der Waals surface area contributed by atoms with E-state index in [4.69, 9.17) is 5.73 Å². The van der Waals surface area contributed by atoms with E-state index in [0.717, 1.165) is 10.5 Å². The summed E-state index contributed by atoms with van der Waals surface area (Å²) in [5.41, 5.74) is 7.22. The van der Waals surface area contributed by atoms with E-state index in [-0.39, 0.29) is 17.2 Å². The molecule has 0 atom stereocenters. The number of hydrogen-bond donors (Lipinski definition) is 1. The van der Waals surface area contributed by atoms with Gasteiger partial charge in [0.15, 0.2) is 0 Å². The van der Waals surface area contributed by atoms with Gasteiger partial charge in [-0.25, -0.2) is 4.39 Å². The molecule has 8 heteroatoms. The van der Waals surface area contributed by atoms with E-state index >= 15 is 0 Å². The average molecular weight is 415 g/mol. The molecule has 0 aliphatic rings. The van der Waals surface area contributed by atoms with Gasteiger partial charge in [0.1, 0.15) is 23.0 Å². The molecule has 2 N–H and O–H groups in total. The van der Waals surface area contributed by atoms with Crippen LogP contribution in [0.15, 0.2) is 68.2 Å². The van der Waals surface area contributed by atoms with Crippen molar-refractivity contribution in [2.24, 2.45) is 10.7 Å². The van der Waals surface area contributed by atoms with E-state index in [1.807, 2.05) is 41.3 Å². The normalized spacial score (nSPS) is 11.6. The quantitative estimate of drug-likeness (QED) is 0.297. The fraction of sp³-hybridized carbons (Fsp3) is 0.150.